The van der Waals surface area contributed by atoms with Gasteiger partial charge in [-0.1, -0.05) is 6.07 Å². The zero-order chi connectivity index (χ0) is 18.2. The first-order chi connectivity index (χ1) is 12.0. The first-order valence-electron chi connectivity index (χ1n) is 8.38. The molecule has 2 rings (SSSR count). The summed E-state index contributed by atoms with van der Waals surface area (Å²) in [5.41, 5.74) is 2.31. The summed E-state index contributed by atoms with van der Waals surface area (Å²) in [7, 11) is 0. The normalized spacial score (nSPS) is 13.5. The molecular weight excluding hydrogens is 324 g/mol. The van der Waals surface area contributed by atoms with E-state index >= 15 is 0 Å². The summed E-state index contributed by atoms with van der Waals surface area (Å²) in [6.07, 6.45) is 0.901. The minimum atomic E-state index is -0.511. The van der Waals surface area contributed by atoms with Crippen molar-refractivity contribution in [2.75, 3.05) is 36.5 Å². The highest BCUT2D eigenvalue weighted by Crippen LogP contribution is 2.29. The number of benzene rings is 1. The highest BCUT2D eigenvalue weighted by Gasteiger charge is 2.23. The van der Waals surface area contributed by atoms with Crippen molar-refractivity contribution in [3.63, 3.8) is 0 Å². The zero-order valence-corrected chi connectivity index (χ0v) is 14.6. The molecule has 0 unspecified atom stereocenters. The van der Waals surface area contributed by atoms with E-state index in [0.717, 1.165) is 17.7 Å². The van der Waals surface area contributed by atoms with Crippen molar-refractivity contribution in [3.05, 3.63) is 23.8 Å². The van der Waals surface area contributed by atoms with Gasteiger partial charge < -0.3 is 25.6 Å². The maximum Gasteiger partial charge on any atom is 0.407 e. The summed E-state index contributed by atoms with van der Waals surface area (Å²) < 4.78 is 4.72. The van der Waals surface area contributed by atoms with Crippen LogP contribution < -0.4 is 20.9 Å². The lowest BCUT2D eigenvalue weighted by Gasteiger charge is -2.20. The summed E-state index contributed by atoms with van der Waals surface area (Å²) in [5.74, 6) is 0.106. The van der Waals surface area contributed by atoms with E-state index in [1.807, 2.05) is 19.1 Å². The minimum Gasteiger partial charge on any atom is -0.450 e. The Bertz CT molecular complexity index is 648. The van der Waals surface area contributed by atoms with Gasteiger partial charge in [0.2, 0.25) is 5.91 Å². The number of ether oxygens (including phenoxy) is 1. The molecule has 136 valence electrons. The van der Waals surface area contributed by atoms with Crippen LogP contribution in [0.15, 0.2) is 18.2 Å². The standard InChI is InChI=1S/C17H24N4O4/c1-3-25-17(24)19-10-9-18-16(23)20-13-6-4-7-14(12(13)2)21-11-5-8-15(21)22/h4,6-7H,3,5,8-11H2,1-2H3,(H,19,24)(H2,18,20,23). The molecule has 1 aromatic carbocycles. The molecule has 1 heterocycles. The van der Waals surface area contributed by atoms with E-state index in [9.17, 15) is 14.4 Å². The van der Waals surface area contributed by atoms with Gasteiger partial charge in [-0.25, -0.2) is 9.59 Å². The molecule has 0 saturated carbocycles. The Morgan fingerprint density at radius 3 is 2.68 bits per heavy atom. The lowest BCUT2D eigenvalue weighted by atomic mass is 10.1. The summed E-state index contributed by atoms with van der Waals surface area (Å²) in [4.78, 5) is 36.8. The van der Waals surface area contributed by atoms with Gasteiger partial charge in [-0.05, 0) is 38.0 Å². The lowest BCUT2D eigenvalue weighted by Crippen LogP contribution is -2.37. The molecule has 4 amide bonds. The molecule has 3 N–H and O–H groups in total. The third-order valence-corrected chi connectivity index (χ3v) is 3.87. The van der Waals surface area contributed by atoms with Gasteiger partial charge in [-0.3, -0.25) is 4.79 Å². The van der Waals surface area contributed by atoms with Gasteiger partial charge in [0, 0.05) is 37.4 Å². The number of carbonyl (C=O) groups excluding carboxylic acids is 3. The van der Waals surface area contributed by atoms with E-state index in [2.05, 4.69) is 16.0 Å². The van der Waals surface area contributed by atoms with Crippen molar-refractivity contribution in [2.24, 2.45) is 0 Å². The number of nitrogens with zero attached hydrogens (tertiary/aromatic N) is 1. The van der Waals surface area contributed by atoms with Crippen molar-refractivity contribution < 1.29 is 19.1 Å². The number of urea groups is 1. The van der Waals surface area contributed by atoms with Crippen LogP contribution in [0.5, 0.6) is 0 Å². The molecule has 0 aromatic heterocycles. The Morgan fingerprint density at radius 2 is 2.00 bits per heavy atom. The van der Waals surface area contributed by atoms with Crippen molar-refractivity contribution in [1.29, 1.82) is 0 Å². The average molecular weight is 348 g/mol. The number of carbonyl (C=O) groups is 3. The van der Waals surface area contributed by atoms with Crippen LogP contribution in [0.3, 0.4) is 0 Å². The first kappa shape index (κ1) is 18.6. The fraction of sp³-hybridized carbons (Fsp3) is 0.471. The molecule has 0 aliphatic carbocycles. The molecule has 25 heavy (non-hydrogen) atoms. The Hall–Kier alpha value is -2.77. The number of alkyl carbamates (subject to hydrolysis) is 1. The van der Waals surface area contributed by atoms with Gasteiger partial charge in [-0.2, -0.15) is 0 Å². The average Bonchev–Trinajstić information content (AvgIpc) is 3.00. The van der Waals surface area contributed by atoms with Crippen molar-refractivity contribution in [1.82, 2.24) is 10.6 Å². The highest BCUT2D eigenvalue weighted by atomic mass is 16.5. The molecule has 0 bridgehead atoms. The van der Waals surface area contributed by atoms with E-state index < -0.39 is 6.09 Å². The Labute approximate surface area is 146 Å². The number of amides is 4. The summed E-state index contributed by atoms with van der Waals surface area (Å²) >= 11 is 0. The predicted octanol–water partition coefficient (Wildman–Crippen LogP) is 1.99. The van der Waals surface area contributed by atoms with Gasteiger partial charge in [0.1, 0.15) is 0 Å². The van der Waals surface area contributed by atoms with E-state index in [0.29, 0.717) is 25.3 Å². The third-order valence-electron chi connectivity index (χ3n) is 3.87. The second kappa shape index (κ2) is 8.91. The largest absolute Gasteiger partial charge is 0.450 e. The van der Waals surface area contributed by atoms with Gasteiger partial charge in [0.15, 0.2) is 0 Å². The highest BCUT2D eigenvalue weighted by molar-refractivity contribution is 5.98. The topological polar surface area (TPSA) is 99.8 Å². The molecule has 0 radical (unpaired) electrons. The van der Waals surface area contributed by atoms with Crippen LogP contribution in [-0.2, 0) is 9.53 Å². The fourth-order valence-electron chi connectivity index (χ4n) is 2.64. The van der Waals surface area contributed by atoms with Gasteiger partial charge in [-0.15, -0.1) is 0 Å². The van der Waals surface area contributed by atoms with Crippen molar-refractivity contribution in [3.8, 4) is 0 Å². The smallest absolute Gasteiger partial charge is 0.407 e. The molecule has 1 saturated heterocycles. The van der Waals surface area contributed by atoms with Crippen molar-refractivity contribution in [2.45, 2.75) is 26.7 Å². The molecule has 0 spiro atoms. The zero-order valence-electron chi connectivity index (χ0n) is 14.6. The van der Waals surface area contributed by atoms with E-state index in [-0.39, 0.29) is 25.0 Å². The second-order valence-corrected chi connectivity index (χ2v) is 5.63. The van der Waals surface area contributed by atoms with Crippen LogP contribution >= 0.6 is 0 Å². The Balaban J connectivity index is 1.86. The number of rotatable bonds is 6. The van der Waals surface area contributed by atoms with Crippen LogP contribution in [0.4, 0.5) is 21.0 Å². The molecular formula is C17H24N4O4. The summed E-state index contributed by atoms with van der Waals surface area (Å²) in [6.45, 7) is 5.14. The monoisotopic (exact) mass is 348 g/mol. The second-order valence-electron chi connectivity index (χ2n) is 5.63. The maximum absolute atomic E-state index is 12.0. The number of hydrogen-bond acceptors (Lipinski definition) is 4. The quantitative estimate of drug-likeness (QED) is 0.685. The lowest BCUT2D eigenvalue weighted by molar-refractivity contribution is -0.117. The van der Waals surface area contributed by atoms with Crippen LogP contribution in [0, 0.1) is 6.92 Å². The van der Waals surface area contributed by atoms with E-state index in [1.54, 1.807) is 17.9 Å². The SMILES string of the molecule is CCOC(=O)NCCNC(=O)Nc1cccc(N2CCCC2=O)c1C. The summed E-state index contributed by atoms with van der Waals surface area (Å²) in [5, 5.41) is 7.94. The Morgan fingerprint density at radius 1 is 1.24 bits per heavy atom. The third kappa shape index (κ3) is 5.10. The Kier molecular flexibility index (Phi) is 6.62. The number of hydrogen-bond donors (Lipinski definition) is 3. The molecule has 1 fully saturated rings. The fourth-order valence-corrected chi connectivity index (χ4v) is 2.64. The first-order valence-corrected chi connectivity index (χ1v) is 8.38. The molecule has 0 atom stereocenters. The van der Waals surface area contributed by atoms with Crippen LogP contribution in [0.25, 0.3) is 0 Å². The van der Waals surface area contributed by atoms with Gasteiger partial charge in [0.05, 0.1) is 6.61 Å². The summed E-state index contributed by atoms with van der Waals surface area (Å²) in [6, 6.07) is 5.10. The van der Waals surface area contributed by atoms with E-state index in [1.165, 1.54) is 0 Å². The van der Waals surface area contributed by atoms with Crippen molar-refractivity contribution >= 4 is 29.4 Å². The molecule has 8 heteroatoms. The minimum absolute atomic E-state index is 0.106. The van der Waals surface area contributed by atoms with Crippen LogP contribution in [0.1, 0.15) is 25.3 Å². The molecule has 8 nitrogen and oxygen atoms in total. The predicted molar refractivity (Wildman–Crippen MR) is 94.8 cm³/mol. The maximum atomic E-state index is 12.0. The van der Waals surface area contributed by atoms with Gasteiger partial charge in [0.25, 0.3) is 0 Å². The van der Waals surface area contributed by atoms with Crippen LogP contribution in [-0.4, -0.2) is 44.3 Å². The number of nitrogens with one attached hydrogen (secondary N) is 3. The molecule has 1 aliphatic heterocycles. The van der Waals surface area contributed by atoms with Gasteiger partial charge >= 0.3 is 12.1 Å². The number of anilines is 2. The molecule has 1 aliphatic rings. The van der Waals surface area contributed by atoms with Crippen LogP contribution in [0.2, 0.25) is 0 Å². The van der Waals surface area contributed by atoms with E-state index in [4.69, 9.17) is 4.74 Å². The molecule has 1 aromatic rings.